The summed E-state index contributed by atoms with van der Waals surface area (Å²) >= 11 is 0. The lowest BCUT2D eigenvalue weighted by Gasteiger charge is -2.22. The minimum atomic E-state index is -1.34. The lowest BCUT2D eigenvalue weighted by atomic mass is 10.00. The van der Waals surface area contributed by atoms with Crippen LogP contribution in [0.25, 0.3) is 0 Å². The number of carboxylic acids is 1. The lowest BCUT2D eigenvalue weighted by molar-refractivity contribution is -0.142. The summed E-state index contributed by atoms with van der Waals surface area (Å²) in [5.41, 5.74) is 3.58. The Morgan fingerprint density at radius 3 is 2.19 bits per heavy atom. The Kier molecular flexibility index (Phi) is 4.74. The highest BCUT2D eigenvalue weighted by Crippen LogP contribution is 2.07. The van der Waals surface area contributed by atoms with Crippen LogP contribution in [0.5, 0.6) is 0 Å². The van der Waals surface area contributed by atoms with E-state index in [0.29, 0.717) is 0 Å². The van der Waals surface area contributed by atoms with Gasteiger partial charge in [0.15, 0.2) is 0 Å². The molecule has 0 aliphatic rings. The summed E-state index contributed by atoms with van der Waals surface area (Å²) < 4.78 is 4.97. The molecule has 0 heterocycles. The highest BCUT2D eigenvalue weighted by Gasteiger charge is 2.27. The molecule has 1 unspecified atom stereocenters. The molecule has 0 aromatic rings. The third-order valence-corrected chi connectivity index (χ3v) is 1.80. The second-order valence-electron chi connectivity index (χ2n) is 4.90. The van der Waals surface area contributed by atoms with Crippen molar-refractivity contribution in [3.05, 3.63) is 0 Å². The molecule has 94 valence electrons. The highest BCUT2D eigenvalue weighted by atomic mass is 16.6. The van der Waals surface area contributed by atoms with Crippen molar-refractivity contribution < 1.29 is 19.4 Å². The lowest BCUT2D eigenvalue weighted by Crippen LogP contribution is -2.47. The van der Waals surface area contributed by atoms with Crippen molar-refractivity contribution in [3.8, 4) is 0 Å². The van der Waals surface area contributed by atoms with E-state index in [1.165, 1.54) is 6.92 Å². The molecule has 6 nitrogen and oxygen atoms in total. The van der Waals surface area contributed by atoms with Crippen molar-refractivity contribution >= 4 is 12.1 Å². The van der Waals surface area contributed by atoms with E-state index in [-0.39, 0.29) is 13.0 Å². The number of carboxylic acid groups (broad SMARTS) is 1. The van der Waals surface area contributed by atoms with Gasteiger partial charge in [-0.1, -0.05) is 0 Å². The number of carbonyl (C=O) groups excluding carboxylic acids is 1. The summed E-state index contributed by atoms with van der Waals surface area (Å²) in [5.74, 6) is -1.10. The summed E-state index contributed by atoms with van der Waals surface area (Å²) in [6.07, 6.45) is -0.435. The van der Waals surface area contributed by atoms with Crippen LogP contribution in [0.15, 0.2) is 0 Å². The van der Waals surface area contributed by atoms with E-state index < -0.39 is 23.2 Å². The molecule has 6 heteroatoms. The second kappa shape index (κ2) is 5.16. The molecular formula is C10H20N2O4. The zero-order chi connectivity index (χ0) is 13.0. The SMILES string of the molecule is CC(C)(C)OC(=O)NCCC(C)(N)C(=O)O. The van der Waals surface area contributed by atoms with Crippen molar-refractivity contribution in [1.29, 1.82) is 0 Å². The Hall–Kier alpha value is -1.30. The van der Waals surface area contributed by atoms with Gasteiger partial charge < -0.3 is 20.9 Å². The molecule has 0 aromatic heterocycles. The molecule has 0 aliphatic carbocycles. The highest BCUT2D eigenvalue weighted by molar-refractivity contribution is 5.78. The monoisotopic (exact) mass is 232 g/mol. The van der Waals surface area contributed by atoms with Gasteiger partial charge >= 0.3 is 12.1 Å². The largest absolute Gasteiger partial charge is 0.480 e. The minimum absolute atomic E-state index is 0.140. The molecule has 0 rings (SSSR count). The molecular weight excluding hydrogens is 212 g/mol. The van der Waals surface area contributed by atoms with Gasteiger partial charge in [-0.2, -0.15) is 0 Å². The number of hydrogen-bond acceptors (Lipinski definition) is 4. The number of rotatable bonds is 4. The first-order chi connectivity index (χ1) is 7.04. The van der Waals surface area contributed by atoms with Gasteiger partial charge in [0.05, 0.1) is 0 Å². The number of alkyl carbamates (subject to hydrolysis) is 1. The van der Waals surface area contributed by atoms with Crippen LogP contribution in [0, 0.1) is 0 Å². The fraction of sp³-hybridized carbons (Fsp3) is 0.800. The molecule has 0 aliphatic heterocycles. The quantitative estimate of drug-likeness (QED) is 0.662. The van der Waals surface area contributed by atoms with E-state index in [1.54, 1.807) is 20.8 Å². The molecule has 0 saturated carbocycles. The summed E-state index contributed by atoms with van der Waals surface area (Å²) in [5, 5.41) is 11.2. The van der Waals surface area contributed by atoms with Crippen LogP contribution in [-0.2, 0) is 9.53 Å². The zero-order valence-corrected chi connectivity index (χ0v) is 10.2. The molecule has 0 spiro atoms. The van der Waals surface area contributed by atoms with Crippen LogP contribution in [0.2, 0.25) is 0 Å². The van der Waals surface area contributed by atoms with Crippen LogP contribution in [0.1, 0.15) is 34.1 Å². The smallest absolute Gasteiger partial charge is 0.407 e. The maximum Gasteiger partial charge on any atom is 0.407 e. The molecule has 0 saturated heterocycles. The van der Waals surface area contributed by atoms with Gasteiger partial charge in [-0.15, -0.1) is 0 Å². The molecule has 4 N–H and O–H groups in total. The number of nitrogens with one attached hydrogen (secondary N) is 1. The Morgan fingerprint density at radius 2 is 1.81 bits per heavy atom. The van der Waals surface area contributed by atoms with Gasteiger partial charge in [0.1, 0.15) is 11.1 Å². The number of hydrogen-bond donors (Lipinski definition) is 3. The second-order valence-corrected chi connectivity index (χ2v) is 4.90. The van der Waals surface area contributed by atoms with Gasteiger partial charge in [-0.05, 0) is 34.1 Å². The standard InChI is InChI=1S/C10H20N2O4/c1-9(2,3)16-8(15)12-6-5-10(4,11)7(13)14/h5-6,11H2,1-4H3,(H,12,15)(H,13,14). The first-order valence-electron chi connectivity index (χ1n) is 5.04. The van der Waals surface area contributed by atoms with E-state index in [4.69, 9.17) is 15.6 Å². The molecule has 16 heavy (non-hydrogen) atoms. The Balaban J connectivity index is 3.92. The normalized spacial score (nSPS) is 15.1. The number of ether oxygens (including phenoxy) is 1. The van der Waals surface area contributed by atoms with Gasteiger partial charge in [0, 0.05) is 6.54 Å². The van der Waals surface area contributed by atoms with E-state index in [2.05, 4.69) is 5.32 Å². The number of aliphatic carboxylic acids is 1. The van der Waals surface area contributed by atoms with Crippen molar-refractivity contribution in [2.75, 3.05) is 6.54 Å². The van der Waals surface area contributed by atoms with Crippen LogP contribution >= 0.6 is 0 Å². The fourth-order valence-electron chi connectivity index (χ4n) is 0.845. The van der Waals surface area contributed by atoms with Crippen LogP contribution in [0.4, 0.5) is 4.79 Å². The van der Waals surface area contributed by atoms with Crippen molar-refractivity contribution in [1.82, 2.24) is 5.32 Å². The van der Waals surface area contributed by atoms with E-state index in [0.717, 1.165) is 0 Å². The van der Waals surface area contributed by atoms with Gasteiger partial charge in [0.25, 0.3) is 0 Å². The number of carbonyl (C=O) groups is 2. The number of nitrogens with two attached hydrogens (primary N) is 1. The molecule has 0 bridgehead atoms. The van der Waals surface area contributed by atoms with Gasteiger partial charge in [-0.3, -0.25) is 4.79 Å². The Morgan fingerprint density at radius 1 is 1.31 bits per heavy atom. The minimum Gasteiger partial charge on any atom is -0.480 e. The van der Waals surface area contributed by atoms with Crippen LogP contribution in [-0.4, -0.2) is 34.9 Å². The average molecular weight is 232 g/mol. The molecule has 1 amide bonds. The average Bonchev–Trinajstić information content (AvgIpc) is 1.99. The first-order valence-corrected chi connectivity index (χ1v) is 5.04. The third-order valence-electron chi connectivity index (χ3n) is 1.80. The topological polar surface area (TPSA) is 102 Å². The summed E-state index contributed by atoms with van der Waals surface area (Å²) in [4.78, 5) is 21.8. The van der Waals surface area contributed by atoms with Gasteiger partial charge in [0.2, 0.25) is 0 Å². The van der Waals surface area contributed by atoms with E-state index >= 15 is 0 Å². The molecule has 0 radical (unpaired) electrons. The van der Waals surface area contributed by atoms with Crippen molar-refractivity contribution in [3.63, 3.8) is 0 Å². The van der Waals surface area contributed by atoms with E-state index in [1.807, 2.05) is 0 Å². The maximum atomic E-state index is 11.2. The predicted molar refractivity (Wildman–Crippen MR) is 59.1 cm³/mol. The Bertz CT molecular complexity index is 268. The maximum absolute atomic E-state index is 11.2. The fourth-order valence-corrected chi connectivity index (χ4v) is 0.845. The van der Waals surface area contributed by atoms with Crippen molar-refractivity contribution in [2.24, 2.45) is 5.73 Å². The summed E-state index contributed by atoms with van der Waals surface area (Å²) in [6.45, 7) is 6.80. The third kappa shape index (κ3) is 6.23. The Labute approximate surface area is 95.1 Å². The summed E-state index contributed by atoms with van der Waals surface area (Å²) in [6, 6.07) is 0. The molecule has 0 fully saturated rings. The van der Waals surface area contributed by atoms with E-state index in [9.17, 15) is 9.59 Å². The van der Waals surface area contributed by atoms with Gasteiger partial charge in [-0.25, -0.2) is 4.79 Å². The van der Waals surface area contributed by atoms with Crippen LogP contribution < -0.4 is 11.1 Å². The zero-order valence-electron chi connectivity index (χ0n) is 10.2. The number of amides is 1. The molecule has 0 aromatic carbocycles. The summed E-state index contributed by atoms with van der Waals surface area (Å²) in [7, 11) is 0. The van der Waals surface area contributed by atoms with Crippen LogP contribution in [0.3, 0.4) is 0 Å². The molecule has 1 atom stereocenters. The van der Waals surface area contributed by atoms with Crippen molar-refractivity contribution in [2.45, 2.75) is 45.3 Å². The predicted octanol–water partition coefficient (Wildman–Crippen LogP) is 0.703. The first kappa shape index (κ1) is 14.7.